The second-order valence-corrected chi connectivity index (χ2v) is 10.7. The van der Waals surface area contributed by atoms with E-state index in [0.717, 1.165) is 51.5 Å². The van der Waals surface area contributed by atoms with Crippen LogP contribution in [0, 0.1) is 29.6 Å². The third-order valence-corrected chi connectivity index (χ3v) is 8.68. The molecule has 5 heteroatoms. The summed E-state index contributed by atoms with van der Waals surface area (Å²) >= 11 is 0. The molecule has 0 aromatic heterocycles. The van der Waals surface area contributed by atoms with E-state index in [4.69, 9.17) is 0 Å². The molecule has 7 unspecified atom stereocenters. The number of nitrogens with one attached hydrogen (secondary N) is 2. The molecule has 164 valence electrons. The Hall–Kier alpha value is -1.10. The number of carbonyl (C=O) groups excluding carboxylic acids is 2. The molecular weight excluding hydrogens is 362 g/mol. The smallest absolute Gasteiger partial charge is 0.225 e. The number of nitrogens with zero attached hydrogens (tertiary/aromatic N) is 1. The fraction of sp³-hybridized carbons (Fsp3) is 0.917. The second-order valence-electron chi connectivity index (χ2n) is 10.7. The highest BCUT2D eigenvalue weighted by molar-refractivity contribution is 5.80. The van der Waals surface area contributed by atoms with Gasteiger partial charge in [-0.3, -0.25) is 9.59 Å². The molecule has 0 bridgehead atoms. The highest BCUT2D eigenvalue weighted by Crippen LogP contribution is 2.43. The van der Waals surface area contributed by atoms with Crippen molar-refractivity contribution < 1.29 is 9.59 Å². The van der Waals surface area contributed by atoms with Crippen LogP contribution in [0.15, 0.2) is 0 Å². The van der Waals surface area contributed by atoms with E-state index >= 15 is 0 Å². The number of carbonyl (C=O) groups is 2. The van der Waals surface area contributed by atoms with Gasteiger partial charge in [-0.1, -0.05) is 26.2 Å². The largest absolute Gasteiger partial charge is 0.353 e. The number of rotatable bonds is 3. The lowest BCUT2D eigenvalue weighted by Gasteiger charge is -2.50. The van der Waals surface area contributed by atoms with Crippen molar-refractivity contribution in [2.75, 3.05) is 13.6 Å². The Labute approximate surface area is 176 Å². The standard InChI is InChI=1S/C24H41N3O2/c1-15-9-10-19(26-23(28)17-7-5-4-6-8-17)13-20(15)21-12-18-14-25-16(2)11-22(18)27(3)24(21)29/h15-22,25H,4-14H2,1-3H3,(H,26,28). The molecule has 29 heavy (non-hydrogen) atoms. The molecule has 0 aromatic carbocycles. The molecule has 0 aromatic rings. The maximum absolute atomic E-state index is 13.3. The van der Waals surface area contributed by atoms with E-state index in [1.165, 1.54) is 19.3 Å². The van der Waals surface area contributed by atoms with Crippen LogP contribution in [0.2, 0.25) is 0 Å². The summed E-state index contributed by atoms with van der Waals surface area (Å²) in [6, 6.07) is 1.15. The van der Waals surface area contributed by atoms with E-state index in [1.807, 2.05) is 7.05 Å². The molecule has 7 atom stereocenters. The summed E-state index contributed by atoms with van der Waals surface area (Å²) in [6.45, 7) is 5.58. The Balaban J connectivity index is 1.40. The highest BCUT2D eigenvalue weighted by atomic mass is 16.2. The third-order valence-electron chi connectivity index (χ3n) is 8.68. The normalized spacial score (nSPS) is 41.7. The monoisotopic (exact) mass is 403 g/mol. The van der Waals surface area contributed by atoms with Gasteiger partial charge in [-0.15, -0.1) is 0 Å². The van der Waals surface area contributed by atoms with Crippen LogP contribution >= 0.6 is 0 Å². The van der Waals surface area contributed by atoms with Crippen LogP contribution in [0.5, 0.6) is 0 Å². The van der Waals surface area contributed by atoms with Crippen LogP contribution in [-0.4, -0.2) is 48.4 Å². The van der Waals surface area contributed by atoms with Crippen molar-refractivity contribution in [3.05, 3.63) is 0 Å². The molecule has 2 saturated heterocycles. The molecule has 2 amide bonds. The highest BCUT2D eigenvalue weighted by Gasteiger charge is 2.47. The van der Waals surface area contributed by atoms with Crippen molar-refractivity contribution in [1.29, 1.82) is 0 Å². The second kappa shape index (κ2) is 8.95. The number of hydrogen-bond acceptors (Lipinski definition) is 3. The first-order chi connectivity index (χ1) is 13.9. The van der Waals surface area contributed by atoms with Gasteiger partial charge in [0.2, 0.25) is 11.8 Å². The summed E-state index contributed by atoms with van der Waals surface area (Å²) in [5.41, 5.74) is 0. The topological polar surface area (TPSA) is 61.4 Å². The molecule has 2 heterocycles. The van der Waals surface area contributed by atoms with Crippen LogP contribution in [-0.2, 0) is 9.59 Å². The van der Waals surface area contributed by atoms with Crippen LogP contribution in [0.4, 0.5) is 0 Å². The number of fused-ring (bicyclic) bond motifs is 1. The van der Waals surface area contributed by atoms with Crippen LogP contribution in [0.3, 0.4) is 0 Å². The predicted octanol–water partition coefficient (Wildman–Crippen LogP) is 3.33. The Kier molecular flexibility index (Phi) is 6.53. The molecule has 0 radical (unpaired) electrons. The van der Waals surface area contributed by atoms with E-state index < -0.39 is 0 Å². The molecule has 2 saturated carbocycles. The van der Waals surface area contributed by atoms with Crippen molar-refractivity contribution in [2.24, 2.45) is 29.6 Å². The minimum absolute atomic E-state index is 0.126. The van der Waals surface area contributed by atoms with Gasteiger partial charge < -0.3 is 15.5 Å². The van der Waals surface area contributed by atoms with Gasteiger partial charge in [-0.2, -0.15) is 0 Å². The SMILES string of the molecule is CC1CC2C(CN1)CC(C1CC(NC(=O)C3CCCCC3)CCC1C)C(=O)N2C. The minimum Gasteiger partial charge on any atom is -0.353 e. The van der Waals surface area contributed by atoms with Gasteiger partial charge in [0.1, 0.15) is 0 Å². The van der Waals surface area contributed by atoms with Crippen LogP contribution in [0.25, 0.3) is 0 Å². The number of amides is 2. The van der Waals surface area contributed by atoms with Gasteiger partial charge in [0, 0.05) is 43.6 Å². The molecule has 2 aliphatic carbocycles. The van der Waals surface area contributed by atoms with Gasteiger partial charge in [0.05, 0.1) is 0 Å². The molecule has 2 N–H and O–H groups in total. The Morgan fingerprint density at radius 3 is 2.55 bits per heavy atom. The number of likely N-dealkylation sites (tertiary alicyclic amines) is 1. The zero-order valence-corrected chi connectivity index (χ0v) is 18.7. The van der Waals surface area contributed by atoms with Gasteiger partial charge in [0.25, 0.3) is 0 Å². The molecular formula is C24H41N3O2. The fourth-order valence-electron chi connectivity index (χ4n) is 6.78. The average molecular weight is 404 g/mol. The van der Waals surface area contributed by atoms with E-state index in [9.17, 15) is 9.59 Å². The van der Waals surface area contributed by atoms with Crippen molar-refractivity contribution in [3.63, 3.8) is 0 Å². The number of piperidine rings is 2. The van der Waals surface area contributed by atoms with E-state index in [-0.39, 0.29) is 23.8 Å². The van der Waals surface area contributed by atoms with Crippen LogP contribution in [0.1, 0.15) is 78.1 Å². The van der Waals surface area contributed by atoms with E-state index in [0.29, 0.717) is 35.7 Å². The van der Waals surface area contributed by atoms with Crippen molar-refractivity contribution >= 4 is 11.8 Å². The van der Waals surface area contributed by atoms with Gasteiger partial charge >= 0.3 is 0 Å². The first kappa shape index (κ1) is 21.1. The van der Waals surface area contributed by atoms with Crippen LogP contribution < -0.4 is 10.6 Å². The van der Waals surface area contributed by atoms with Crippen molar-refractivity contribution in [1.82, 2.24) is 15.5 Å². The molecule has 2 aliphatic heterocycles. The Morgan fingerprint density at radius 1 is 1.03 bits per heavy atom. The van der Waals surface area contributed by atoms with Gasteiger partial charge in [-0.05, 0) is 69.6 Å². The van der Waals surface area contributed by atoms with Crippen molar-refractivity contribution in [3.8, 4) is 0 Å². The molecule has 4 aliphatic rings. The van der Waals surface area contributed by atoms with E-state index in [1.54, 1.807) is 0 Å². The Morgan fingerprint density at radius 2 is 1.79 bits per heavy atom. The summed E-state index contributed by atoms with van der Waals surface area (Å²) in [6.07, 6.45) is 11.0. The minimum atomic E-state index is 0.126. The lowest BCUT2D eigenvalue weighted by molar-refractivity contribution is -0.148. The first-order valence-corrected chi connectivity index (χ1v) is 12.2. The summed E-state index contributed by atoms with van der Waals surface area (Å²) < 4.78 is 0. The molecule has 4 fully saturated rings. The Bertz CT molecular complexity index is 603. The maximum atomic E-state index is 13.3. The lowest BCUT2D eigenvalue weighted by Crippen LogP contribution is -2.60. The predicted molar refractivity (Wildman–Crippen MR) is 115 cm³/mol. The molecule has 5 nitrogen and oxygen atoms in total. The summed E-state index contributed by atoms with van der Waals surface area (Å²) in [4.78, 5) is 28.2. The molecule has 0 spiro atoms. The van der Waals surface area contributed by atoms with Gasteiger partial charge in [0.15, 0.2) is 0 Å². The zero-order chi connectivity index (χ0) is 20.5. The fourth-order valence-corrected chi connectivity index (χ4v) is 6.78. The third kappa shape index (κ3) is 4.50. The summed E-state index contributed by atoms with van der Waals surface area (Å²) in [5, 5.41) is 7.02. The average Bonchev–Trinajstić information content (AvgIpc) is 2.73. The number of hydrogen-bond donors (Lipinski definition) is 2. The van der Waals surface area contributed by atoms with E-state index in [2.05, 4.69) is 29.4 Å². The maximum Gasteiger partial charge on any atom is 0.225 e. The summed E-state index contributed by atoms with van der Waals surface area (Å²) in [5.74, 6) is 2.52. The zero-order valence-electron chi connectivity index (χ0n) is 18.7. The molecule has 4 rings (SSSR count). The summed E-state index contributed by atoms with van der Waals surface area (Å²) in [7, 11) is 2.03. The first-order valence-electron chi connectivity index (χ1n) is 12.2. The van der Waals surface area contributed by atoms with Gasteiger partial charge in [-0.25, -0.2) is 0 Å². The lowest BCUT2D eigenvalue weighted by atomic mass is 9.65. The quantitative estimate of drug-likeness (QED) is 0.760. The van der Waals surface area contributed by atoms with Crippen molar-refractivity contribution in [2.45, 2.75) is 96.2 Å².